The Labute approximate surface area is 93.5 Å². The first-order chi connectivity index (χ1) is 7.31. The van der Waals surface area contributed by atoms with Crippen molar-refractivity contribution in [1.82, 2.24) is 15.5 Å². The zero-order valence-corrected chi connectivity index (χ0v) is 9.89. The highest BCUT2D eigenvalue weighted by atomic mass is 32.2. The lowest BCUT2D eigenvalue weighted by atomic mass is 10.2. The van der Waals surface area contributed by atoms with Crippen molar-refractivity contribution in [3.8, 4) is 0 Å². The van der Waals surface area contributed by atoms with Crippen LogP contribution in [0.1, 0.15) is 21.7 Å². The van der Waals surface area contributed by atoms with Crippen molar-refractivity contribution in [2.24, 2.45) is 5.14 Å². The first-order valence-electron chi connectivity index (χ1n) is 4.61. The highest BCUT2D eigenvalue weighted by molar-refractivity contribution is 7.89. The number of carbonyl (C=O) groups is 1. The molecule has 7 nitrogen and oxygen atoms in total. The second-order valence-corrected chi connectivity index (χ2v) is 5.17. The number of carbonyl (C=O) groups excluding carboxylic acids is 1. The number of aromatic amines is 1. The van der Waals surface area contributed by atoms with E-state index in [0.717, 1.165) is 0 Å². The van der Waals surface area contributed by atoms with Crippen LogP contribution in [0, 0.1) is 13.8 Å². The summed E-state index contributed by atoms with van der Waals surface area (Å²) in [6.45, 7) is 3.40. The Morgan fingerprint density at radius 2 is 2.12 bits per heavy atom. The van der Waals surface area contributed by atoms with Crippen molar-refractivity contribution in [2.75, 3.05) is 12.3 Å². The van der Waals surface area contributed by atoms with Gasteiger partial charge in [0.05, 0.1) is 17.0 Å². The van der Waals surface area contributed by atoms with E-state index in [-0.39, 0.29) is 18.2 Å². The van der Waals surface area contributed by atoms with Crippen LogP contribution in [-0.4, -0.2) is 36.8 Å². The Balaban J connectivity index is 2.61. The predicted octanol–water partition coefficient (Wildman–Crippen LogP) is -0.955. The van der Waals surface area contributed by atoms with E-state index >= 15 is 0 Å². The van der Waals surface area contributed by atoms with Crippen molar-refractivity contribution in [1.29, 1.82) is 0 Å². The van der Waals surface area contributed by atoms with Crippen LogP contribution in [-0.2, 0) is 10.0 Å². The number of nitrogens with zero attached hydrogens (tertiary/aromatic N) is 1. The molecule has 0 aliphatic heterocycles. The molecule has 1 amide bonds. The maximum absolute atomic E-state index is 11.6. The molecule has 0 spiro atoms. The second-order valence-electron chi connectivity index (χ2n) is 3.43. The van der Waals surface area contributed by atoms with Crippen molar-refractivity contribution in [3.05, 3.63) is 17.0 Å². The molecular formula is C8H14N4O3S. The molecular weight excluding hydrogens is 232 g/mol. The van der Waals surface area contributed by atoms with Crippen LogP contribution in [0.4, 0.5) is 0 Å². The summed E-state index contributed by atoms with van der Waals surface area (Å²) in [6, 6.07) is 0. The Bertz CT molecular complexity index is 472. The molecule has 0 saturated heterocycles. The summed E-state index contributed by atoms with van der Waals surface area (Å²) in [5.74, 6) is -0.637. The summed E-state index contributed by atoms with van der Waals surface area (Å²) in [7, 11) is -3.55. The lowest BCUT2D eigenvalue weighted by Crippen LogP contribution is -2.31. The summed E-state index contributed by atoms with van der Waals surface area (Å²) in [5.41, 5.74) is 1.66. The fraction of sp³-hybridized carbons (Fsp3) is 0.500. The topological polar surface area (TPSA) is 118 Å². The fourth-order valence-corrected chi connectivity index (χ4v) is 1.67. The molecule has 4 N–H and O–H groups in total. The number of H-pyrrole nitrogens is 1. The molecule has 0 aliphatic rings. The molecule has 0 aromatic carbocycles. The van der Waals surface area contributed by atoms with Crippen LogP contribution in [0.3, 0.4) is 0 Å². The predicted molar refractivity (Wildman–Crippen MR) is 58.4 cm³/mol. The van der Waals surface area contributed by atoms with Gasteiger partial charge in [0.2, 0.25) is 10.0 Å². The Morgan fingerprint density at radius 3 is 2.56 bits per heavy atom. The summed E-state index contributed by atoms with van der Waals surface area (Å²) in [6.07, 6.45) is 0. The molecule has 1 heterocycles. The van der Waals surface area contributed by atoms with Gasteiger partial charge >= 0.3 is 0 Å². The SMILES string of the molecule is Cc1n[nH]c(C)c1C(=O)NCCS(N)(=O)=O. The van der Waals surface area contributed by atoms with Gasteiger partial charge in [0, 0.05) is 12.2 Å². The Hall–Kier alpha value is -1.41. The summed E-state index contributed by atoms with van der Waals surface area (Å²) >= 11 is 0. The molecule has 0 fully saturated rings. The van der Waals surface area contributed by atoms with Gasteiger partial charge in [-0.1, -0.05) is 0 Å². The molecule has 0 aliphatic carbocycles. The average Bonchev–Trinajstić information content (AvgIpc) is 2.43. The van der Waals surface area contributed by atoms with Gasteiger partial charge in [0.15, 0.2) is 0 Å². The van der Waals surface area contributed by atoms with E-state index < -0.39 is 10.0 Å². The normalized spacial score (nSPS) is 11.4. The van der Waals surface area contributed by atoms with Crippen molar-refractivity contribution < 1.29 is 13.2 Å². The number of aromatic nitrogens is 2. The third-order valence-electron chi connectivity index (χ3n) is 2.03. The van der Waals surface area contributed by atoms with Crippen molar-refractivity contribution in [3.63, 3.8) is 0 Å². The van der Waals surface area contributed by atoms with Crippen LogP contribution in [0.25, 0.3) is 0 Å². The molecule has 0 unspecified atom stereocenters. The number of aryl methyl sites for hydroxylation is 2. The van der Waals surface area contributed by atoms with E-state index in [9.17, 15) is 13.2 Å². The molecule has 8 heteroatoms. The van der Waals surface area contributed by atoms with Gasteiger partial charge in [0.25, 0.3) is 5.91 Å². The maximum atomic E-state index is 11.6. The lowest BCUT2D eigenvalue weighted by Gasteiger charge is -2.03. The molecule has 0 radical (unpaired) electrons. The Morgan fingerprint density at radius 1 is 1.50 bits per heavy atom. The van der Waals surface area contributed by atoms with E-state index in [2.05, 4.69) is 15.5 Å². The minimum Gasteiger partial charge on any atom is -0.351 e. The summed E-state index contributed by atoms with van der Waals surface area (Å²) in [4.78, 5) is 11.6. The number of hydrogen-bond donors (Lipinski definition) is 3. The lowest BCUT2D eigenvalue weighted by molar-refractivity contribution is 0.0955. The molecule has 1 rings (SSSR count). The largest absolute Gasteiger partial charge is 0.351 e. The minimum atomic E-state index is -3.55. The van der Waals surface area contributed by atoms with Gasteiger partial charge in [-0.25, -0.2) is 13.6 Å². The van der Waals surface area contributed by atoms with Crippen LogP contribution >= 0.6 is 0 Å². The third kappa shape index (κ3) is 3.31. The smallest absolute Gasteiger partial charge is 0.255 e. The molecule has 1 aromatic rings. The van der Waals surface area contributed by atoms with Crippen LogP contribution < -0.4 is 10.5 Å². The van der Waals surface area contributed by atoms with E-state index in [1.807, 2.05) is 0 Å². The molecule has 1 aromatic heterocycles. The number of amides is 1. The zero-order chi connectivity index (χ0) is 12.3. The highest BCUT2D eigenvalue weighted by Gasteiger charge is 2.15. The molecule has 0 atom stereocenters. The standard InChI is InChI=1S/C8H14N4O3S/c1-5-7(6(2)12-11-5)8(13)10-3-4-16(9,14)15/h3-4H2,1-2H3,(H,10,13)(H,11,12)(H2,9,14,15). The van der Waals surface area contributed by atoms with Crippen LogP contribution in [0.2, 0.25) is 0 Å². The molecule has 16 heavy (non-hydrogen) atoms. The number of primary sulfonamides is 1. The van der Waals surface area contributed by atoms with Crippen molar-refractivity contribution in [2.45, 2.75) is 13.8 Å². The molecule has 0 saturated carbocycles. The van der Waals surface area contributed by atoms with Crippen molar-refractivity contribution >= 4 is 15.9 Å². The molecule has 90 valence electrons. The number of hydrogen-bond acceptors (Lipinski definition) is 4. The van der Waals surface area contributed by atoms with Gasteiger partial charge in [0.1, 0.15) is 0 Å². The van der Waals surface area contributed by atoms with Gasteiger partial charge in [-0.2, -0.15) is 5.10 Å². The van der Waals surface area contributed by atoms with Gasteiger partial charge in [-0.05, 0) is 13.8 Å². The first kappa shape index (κ1) is 12.7. The third-order valence-corrected chi connectivity index (χ3v) is 2.80. The molecule has 0 bridgehead atoms. The van der Waals surface area contributed by atoms with E-state index in [4.69, 9.17) is 5.14 Å². The second kappa shape index (κ2) is 4.62. The Kier molecular flexibility index (Phi) is 3.66. The number of sulfonamides is 1. The minimum absolute atomic E-state index is 0.0122. The van der Waals surface area contributed by atoms with Gasteiger partial charge in [-0.15, -0.1) is 0 Å². The quantitative estimate of drug-likeness (QED) is 0.634. The van der Waals surface area contributed by atoms with Crippen LogP contribution in [0.15, 0.2) is 0 Å². The summed E-state index contributed by atoms with van der Waals surface area (Å²) in [5, 5.41) is 13.8. The maximum Gasteiger partial charge on any atom is 0.255 e. The monoisotopic (exact) mass is 246 g/mol. The number of nitrogens with one attached hydrogen (secondary N) is 2. The summed E-state index contributed by atoms with van der Waals surface area (Å²) < 4.78 is 21.3. The first-order valence-corrected chi connectivity index (χ1v) is 6.33. The van der Waals surface area contributed by atoms with Gasteiger partial charge in [-0.3, -0.25) is 9.89 Å². The number of rotatable bonds is 4. The van der Waals surface area contributed by atoms with Crippen LogP contribution in [0.5, 0.6) is 0 Å². The average molecular weight is 246 g/mol. The van der Waals surface area contributed by atoms with Gasteiger partial charge < -0.3 is 5.32 Å². The van der Waals surface area contributed by atoms with E-state index in [1.165, 1.54) is 0 Å². The van der Waals surface area contributed by atoms with E-state index in [0.29, 0.717) is 17.0 Å². The van der Waals surface area contributed by atoms with E-state index in [1.54, 1.807) is 13.8 Å². The zero-order valence-electron chi connectivity index (χ0n) is 9.07. The fourth-order valence-electron chi connectivity index (χ4n) is 1.28. The highest BCUT2D eigenvalue weighted by Crippen LogP contribution is 2.08. The number of nitrogens with two attached hydrogens (primary N) is 1.